The topological polar surface area (TPSA) is 51.5 Å². The lowest BCUT2D eigenvalue weighted by Gasteiger charge is -2.32. The van der Waals surface area contributed by atoms with E-state index in [1.807, 2.05) is 36.4 Å². The second-order valence-corrected chi connectivity index (χ2v) is 7.52. The van der Waals surface area contributed by atoms with Crippen LogP contribution in [0, 0.1) is 5.82 Å². The molecule has 2 aromatic carbocycles. The monoisotopic (exact) mass is 411 g/mol. The van der Waals surface area contributed by atoms with Crippen LogP contribution in [0.15, 0.2) is 66.9 Å². The van der Waals surface area contributed by atoms with Crippen molar-refractivity contribution in [2.45, 2.75) is 18.6 Å². The zero-order valence-electron chi connectivity index (χ0n) is 15.7. The SMILES string of the molecule is COC1(Cn2ccc3c(F)ccc(C(=O)O)c32)C=CC(c2cccc(Cl)c2)=CC1. The van der Waals surface area contributed by atoms with Gasteiger partial charge in [0.25, 0.3) is 0 Å². The molecule has 3 aromatic rings. The summed E-state index contributed by atoms with van der Waals surface area (Å²) in [5.41, 5.74) is 1.80. The molecule has 0 radical (unpaired) electrons. The second kappa shape index (κ2) is 7.50. The maximum atomic E-state index is 14.2. The Morgan fingerprint density at radius 3 is 2.79 bits per heavy atom. The van der Waals surface area contributed by atoms with E-state index >= 15 is 0 Å². The number of aromatic carboxylic acids is 1. The van der Waals surface area contributed by atoms with Crippen molar-refractivity contribution in [2.75, 3.05) is 7.11 Å². The van der Waals surface area contributed by atoms with E-state index in [1.165, 1.54) is 12.1 Å². The summed E-state index contributed by atoms with van der Waals surface area (Å²) in [6.07, 6.45) is 8.29. The molecule has 1 aliphatic rings. The molecule has 6 heteroatoms. The Kier molecular flexibility index (Phi) is 5.03. The number of aromatic nitrogens is 1. The summed E-state index contributed by atoms with van der Waals surface area (Å²) < 4.78 is 21.8. The first-order valence-electron chi connectivity index (χ1n) is 9.13. The number of methoxy groups -OCH3 is 1. The van der Waals surface area contributed by atoms with Gasteiger partial charge < -0.3 is 14.4 Å². The summed E-state index contributed by atoms with van der Waals surface area (Å²) in [7, 11) is 1.62. The third kappa shape index (κ3) is 3.59. The molecule has 0 saturated heterocycles. The number of carboxylic acid groups (broad SMARTS) is 1. The van der Waals surface area contributed by atoms with Gasteiger partial charge in [-0.05, 0) is 41.5 Å². The van der Waals surface area contributed by atoms with Crippen LogP contribution < -0.4 is 0 Å². The average Bonchev–Trinajstić information content (AvgIpc) is 3.13. The molecule has 1 N–H and O–H groups in total. The molecule has 4 rings (SSSR count). The number of nitrogens with zero attached hydrogens (tertiary/aromatic N) is 1. The van der Waals surface area contributed by atoms with Gasteiger partial charge in [0.15, 0.2) is 0 Å². The van der Waals surface area contributed by atoms with Crippen LogP contribution in [0.3, 0.4) is 0 Å². The highest BCUT2D eigenvalue weighted by Crippen LogP contribution is 2.33. The van der Waals surface area contributed by atoms with Crippen LogP contribution in [-0.4, -0.2) is 28.4 Å². The molecule has 0 aliphatic heterocycles. The third-order valence-electron chi connectivity index (χ3n) is 5.34. The van der Waals surface area contributed by atoms with E-state index in [0.29, 0.717) is 23.5 Å². The highest BCUT2D eigenvalue weighted by atomic mass is 35.5. The average molecular weight is 412 g/mol. The summed E-state index contributed by atoms with van der Waals surface area (Å²) in [6, 6.07) is 11.7. The van der Waals surface area contributed by atoms with Crippen LogP contribution >= 0.6 is 11.6 Å². The largest absolute Gasteiger partial charge is 0.478 e. The molecule has 4 nitrogen and oxygen atoms in total. The standard InChI is InChI=1S/C23H19ClFNO3/c1-29-23(10-7-15(8-11-23)16-3-2-4-17(24)13-16)14-26-12-9-18-20(25)6-5-19(21(18)26)22(27)28/h2-10,12-13H,11,14H2,1H3,(H,27,28). The van der Waals surface area contributed by atoms with Crippen molar-refractivity contribution in [3.63, 3.8) is 0 Å². The Hall–Kier alpha value is -2.89. The van der Waals surface area contributed by atoms with Crippen LogP contribution in [0.25, 0.3) is 16.5 Å². The lowest BCUT2D eigenvalue weighted by atomic mass is 9.89. The Morgan fingerprint density at radius 2 is 2.14 bits per heavy atom. The number of hydrogen-bond donors (Lipinski definition) is 1. The molecule has 1 atom stereocenters. The summed E-state index contributed by atoms with van der Waals surface area (Å²) >= 11 is 6.09. The fourth-order valence-corrected chi connectivity index (χ4v) is 3.95. The Morgan fingerprint density at radius 1 is 1.31 bits per heavy atom. The third-order valence-corrected chi connectivity index (χ3v) is 5.57. The fraction of sp³-hybridized carbons (Fsp3) is 0.174. The normalized spacial score (nSPS) is 18.8. The van der Waals surface area contributed by atoms with Crippen molar-refractivity contribution in [1.82, 2.24) is 4.57 Å². The number of allylic oxidation sites excluding steroid dienone is 2. The van der Waals surface area contributed by atoms with Crippen LogP contribution in [0.4, 0.5) is 4.39 Å². The maximum Gasteiger partial charge on any atom is 0.337 e. The zero-order valence-corrected chi connectivity index (χ0v) is 16.5. The van der Waals surface area contributed by atoms with Gasteiger partial charge in [0.2, 0.25) is 0 Å². The molecule has 0 spiro atoms. The van der Waals surface area contributed by atoms with Crippen molar-refractivity contribution >= 4 is 34.0 Å². The molecular weight excluding hydrogens is 393 g/mol. The van der Waals surface area contributed by atoms with E-state index in [2.05, 4.69) is 6.08 Å². The Bertz CT molecular complexity index is 1160. The minimum absolute atomic E-state index is 0.0626. The van der Waals surface area contributed by atoms with Gasteiger partial charge in [-0.3, -0.25) is 0 Å². The minimum atomic E-state index is -1.09. The number of benzene rings is 2. The first kappa shape index (κ1) is 19.4. The van der Waals surface area contributed by atoms with Crippen molar-refractivity contribution < 1.29 is 19.0 Å². The van der Waals surface area contributed by atoms with Crippen LogP contribution in [0.5, 0.6) is 0 Å². The number of carboxylic acids is 1. The zero-order chi connectivity index (χ0) is 20.6. The second-order valence-electron chi connectivity index (χ2n) is 7.08. The first-order chi connectivity index (χ1) is 13.9. The first-order valence-corrected chi connectivity index (χ1v) is 9.51. The highest BCUT2D eigenvalue weighted by molar-refractivity contribution is 6.30. The van der Waals surface area contributed by atoms with Gasteiger partial charge in [0.1, 0.15) is 11.4 Å². The van der Waals surface area contributed by atoms with Gasteiger partial charge in [0.05, 0.1) is 17.6 Å². The van der Waals surface area contributed by atoms with E-state index < -0.39 is 17.4 Å². The quantitative estimate of drug-likeness (QED) is 0.598. The van der Waals surface area contributed by atoms with Crippen molar-refractivity contribution in [3.8, 4) is 0 Å². The molecule has 148 valence electrons. The van der Waals surface area contributed by atoms with Crippen molar-refractivity contribution in [2.24, 2.45) is 0 Å². The molecule has 0 bridgehead atoms. The molecule has 0 saturated carbocycles. The van der Waals surface area contributed by atoms with E-state index in [1.54, 1.807) is 23.9 Å². The van der Waals surface area contributed by atoms with Gasteiger partial charge in [-0.15, -0.1) is 0 Å². The van der Waals surface area contributed by atoms with Gasteiger partial charge in [-0.25, -0.2) is 9.18 Å². The van der Waals surface area contributed by atoms with Crippen LogP contribution in [0.1, 0.15) is 22.3 Å². The van der Waals surface area contributed by atoms with Gasteiger partial charge in [-0.2, -0.15) is 0 Å². The summed E-state index contributed by atoms with van der Waals surface area (Å²) in [5.74, 6) is -1.54. The van der Waals surface area contributed by atoms with Gasteiger partial charge in [0, 0.05) is 30.1 Å². The number of halogens is 2. The summed E-state index contributed by atoms with van der Waals surface area (Å²) in [4.78, 5) is 11.6. The number of hydrogen-bond acceptors (Lipinski definition) is 2. The number of ether oxygens (including phenoxy) is 1. The molecule has 1 aromatic heterocycles. The lowest BCUT2D eigenvalue weighted by molar-refractivity contribution is 0.0204. The number of rotatable bonds is 5. The van der Waals surface area contributed by atoms with Crippen molar-refractivity contribution in [1.29, 1.82) is 0 Å². The lowest BCUT2D eigenvalue weighted by Crippen LogP contribution is -2.35. The summed E-state index contributed by atoms with van der Waals surface area (Å²) in [5, 5.41) is 10.5. The van der Waals surface area contributed by atoms with Crippen LogP contribution in [-0.2, 0) is 11.3 Å². The Balaban J connectivity index is 1.68. The van der Waals surface area contributed by atoms with E-state index in [-0.39, 0.29) is 10.9 Å². The molecule has 1 unspecified atom stereocenters. The van der Waals surface area contributed by atoms with Crippen LogP contribution in [0.2, 0.25) is 5.02 Å². The molecule has 29 heavy (non-hydrogen) atoms. The number of fused-ring (bicyclic) bond motifs is 1. The maximum absolute atomic E-state index is 14.2. The summed E-state index contributed by atoms with van der Waals surface area (Å²) in [6.45, 7) is 0.354. The minimum Gasteiger partial charge on any atom is -0.478 e. The molecule has 1 aliphatic carbocycles. The smallest absolute Gasteiger partial charge is 0.337 e. The van der Waals surface area contributed by atoms with Gasteiger partial charge >= 0.3 is 5.97 Å². The number of carbonyl (C=O) groups is 1. The molecule has 0 fully saturated rings. The van der Waals surface area contributed by atoms with E-state index in [4.69, 9.17) is 16.3 Å². The molecule has 1 heterocycles. The van der Waals surface area contributed by atoms with Gasteiger partial charge in [-0.1, -0.05) is 42.0 Å². The Labute approximate surface area is 172 Å². The molecule has 0 amide bonds. The predicted octanol–water partition coefficient (Wildman–Crippen LogP) is 5.56. The molecular formula is C23H19ClFNO3. The fourth-order valence-electron chi connectivity index (χ4n) is 3.76. The van der Waals surface area contributed by atoms with E-state index in [0.717, 1.165) is 11.1 Å². The van der Waals surface area contributed by atoms with Crippen molar-refractivity contribution in [3.05, 3.63) is 88.9 Å². The van der Waals surface area contributed by atoms with E-state index in [9.17, 15) is 14.3 Å². The highest BCUT2D eigenvalue weighted by Gasteiger charge is 2.30. The predicted molar refractivity (Wildman–Crippen MR) is 112 cm³/mol.